The van der Waals surface area contributed by atoms with Gasteiger partial charge in [0.15, 0.2) is 0 Å². The van der Waals surface area contributed by atoms with Crippen molar-refractivity contribution in [3.05, 3.63) is 12.2 Å². The van der Waals surface area contributed by atoms with Gasteiger partial charge in [-0.3, -0.25) is 4.79 Å². The number of aromatic nitrogens is 3. The Kier molecular flexibility index (Phi) is 5.58. The van der Waals surface area contributed by atoms with Crippen molar-refractivity contribution in [2.24, 2.45) is 7.05 Å². The molecule has 0 spiro atoms. The minimum absolute atomic E-state index is 0.0177. The summed E-state index contributed by atoms with van der Waals surface area (Å²) in [6.45, 7) is 3.17. The van der Waals surface area contributed by atoms with Crippen LogP contribution in [0, 0.1) is 0 Å². The number of aryl methyl sites for hydroxylation is 1. The summed E-state index contributed by atoms with van der Waals surface area (Å²) in [6, 6.07) is 0.0177. The summed E-state index contributed by atoms with van der Waals surface area (Å²) in [6.07, 6.45) is 1.62. The number of rotatable bonds is 7. The molecule has 0 radical (unpaired) electrons. The van der Waals surface area contributed by atoms with Gasteiger partial charge in [0.25, 0.3) is 0 Å². The van der Waals surface area contributed by atoms with Crippen LogP contribution in [0.15, 0.2) is 6.33 Å². The van der Waals surface area contributed by atoms with Gasteiger partial charge in [-0.25, -0.2) is 0 Å². The van der Waals surface area contributed by atoms with Crippen LogP contribution in [0.5, 0.6) is 0 Å². The van der Waals surface area contributed by atoms with Crippen LogP contribution in [0.3, 0.4) is 0 Å². The number of nitrogens with zero attached hydrogens (tertiary/aromatic N) is 3. The molecule has 1 atom stereocenters. The molecule has 7 nitrogen and oxygen atoms in total. The Hall–Kier alpha value is -1.47. The maximum atomic E-state index is 11.5. The highest BCUT2D eigenvalue weighted by molar-refractivity contribution is 5.78. The highest BCUT2D eigenvalue weighted by Crippen LogP contribution is 1.89. The maximum absolute atomic E-state index is 11.5. The van der Waals surface area contributed by atoms with Crippen molar-refractivity contribution < 1.29 is 9.53 Å². The molecule has 1 heterocycles. The summed E-state index contributed by atoms with van der Waals surface area (Å²) in [5.41, 5.74) is 0. The topological polar surface area (TPSA) is 81.1 Å². The van der Waals surface area contributed by atoms with Gasteiger partial charge in [0.05, 0.1) is 19.7 Å². The summed E-state index contributed by atoms with van der Waals surface area (Å²) >= 11 is 0. The smallest absolute Gasteiger partial charge is 0.234 e. The van der Waals surface area contributed by atoms with E-state index in [1.54, 1.807) is 18.0 Å². The molecule has 17 heavy (non-hydrogen) atoms. The summed E-state index contributed by atoms with van der Waals surface area (Å²) in [7, 11) is 3.47. The van der Waals surface area contributed by atoms with Crippen LogP contribution in [0.4, 0.5) is 0 Å². The van der Waals surface area contributed by atoms with Crippen LogP contribution in [0.1, 0.15) is 12.7 Å². The van der Waals surface area contributed by atoms with Crippen LogP contribution in [0.2, 0.25) is 0 Å². The van der Waals surface area contributed by atoms with Crippen molar-refractivity contribution in [1.82, 2.24) is 25.4 Å². The van der Waals surface area contributed by atoms with Gasteiger partial charge in [0, 0.05) is 20.2 Å². The van der Waals surface area contributed by atoms with E-state index >= 15 is 0 Å². The summed E-state index contributed by atoms with van der Waals surface area (Å²) in [5, 5.41) is 13.5. The van der Waals surface area contributed by atoms with Crippen molar-refractivity contribution >= 4 is 5.91 Å². The number of carbonyl (C=O) groups is 1. The Morgan fingerprint density at radius 2 is 2.41 bits per heavy atom. The average molecular weight is 241 g/mol. The number of hydrogen-bond acceptors (Lipinski definition) is 5. The molecule has 7 heteroatoms. The number of ether oxygens (including phenoxy) is 1. The summed E-state index contributed by atoms with van der Waals surface area (Å²) in [5.74, 6) is 0.736. The standard InChI is InChI=1S/C10H19N5O2/c1-8(6-17-3)13-10(16)5-11-4-9-14-12-7-15(9)2/h7-8,11H,4-6H2,1-3H3,(H,13,16). The third-order valence-corrected chi connectivity index (χ3v) is 2.20. The minimum atomic E-state index is -0.0586. The van der Waals surface area contributed by atoms with Crippen molar-refractivity contribution in [2.75, 3.05) is 20.3 Å². The second-order valence-corrected chi connectivity index (χ2v) is 3.89. The molecule has 0 bridgehead atoms. The van der Waals surface area contributed by atoms with E-state index in [1.165, 1.54) is 0 Å². The third-order valence-electron chi connectivity index (χ3n) is 2.20. The van der Waals surface area contributed by atoms with Gasteiger partial charge in [0.1, 0.15) is 12.2 Å². The van der Waals surface area contributed by atoms with E-state index in [4.69, 9.17) is 4.74 Å². The number of carbonyl (C=O) groups excluding carboxylic acids is 1. The number of hydrogen-bond donors (Lipinski definition) is 2. The molecule has 96 valence electrons. The Bertz CT molecular complexity index is 352. The second-order valence-electron chi connectivity index (χ2n) is 3.89. The number of methoxy groups -OCH3 is 1. The zero-order valence-electron chi connectivity index (χ0n) is 10.4. The van der Waals surface area contributed by atoms with Crippen molar-refractivity contribution in [3.8, 4) is 0 Å². The fourth-order valence-electron chi connectivity index (χ4n) is 1.37. The number of amides is 1. The molecule has 2 N–H and O–H groups in total. The van der Waals surface area contributed by atoms with Crippen LogP contribution < -0.4 is 10.6 Å². The van der Waals surface area contributed by atoms with E-state index < -0.39 is 0 Å². The van der Waals surface area contributed by atoms with Crippen molar-refractivity contribution in [2.45, 2.75) is 19.5 Å². The van der Waals surface area contributed by atoms with E-state index in [2.05, 4.69) is 20.8 Å². The summed E-state index contributed by atoms with van der Waals surface area (Å²) in [4.78, 5) is 11.5. The molecule has 1 aromatic rings. The molecule has 1 aromatic heterocycles. The van der Waals surface area contributed by atoms with Crippen LogP contribution in [-0.2, 0) is 23.1 Å². The Morgan fingerprint density at radius 1 is 1.65 bits per heavy atom. The first-order chi connectivity index (χ1) is 8.13. The maximum Gasteiger partial charge on any atom is 0.234 e. The molecule has 1 unspecified atom stereocenters. The first kappa shape index (κ1) is 13.6. The fraction of sp³-hybridized carbons (Fsp3) is 0.700. The van der Waals surface area contributed by atoms with Gasteiger partial charge in [-0.1, -0.05) is 0 Å². The van der Waals surface area contributed by atoms with Crippen LogP contribution in [0.25, 0.3) is 0 Å². The molecule has 0 aliphatic heterocycles. The zero-order valence-corrected chi connectivity index (χ0v) is 10.4. The molecular formula is C10H19N5O2. The average Bonchev–Trinajstić information content (AvgIpc) is 2.64. The predicted octanol–water partition coefficient (Wildman–Crippen LogP) is -0.944. The summed E-state index contributed by atoms with van der Waals surface area (Å²) < 4.78 is 6.73. The first-order valence-electron chi connectivity index (χ1n) is 5.45. The van der Waals surface area contributed by atoms with E-state index in [0.29, 0.717) is 13.2 Å². The van der Waals surface area contributed by atoms with Crippen molar-refractivity contribution in [1.29, 1.82) is 0 Å². The van der Waals surface area contributed by atoms with E-state index in [1.807, 2.05) is 14.0 Å². The van der Waals surface area contributed by atoms with Gasteiger partial charge >= 0.3 is 0 Å². The lowest BCUT2D eigenvalue weighted by Gasteiger charge is -2.12. The Labute approximate surface area is 101 Å². The Morgan fingerprint density at radius 3 is 3.00 bits per heavy atom. The highest BCUT2D eigenvalue weighted by atomic mass is 16.5. The van der Waals surface area contributed by atoms with Gasteiger partial charge in [-0.15, -0.1) is 10.2 Å². The minimum Gasteiger partial charge on any atom is -0.383 e. The molecule has 0 saturated heterocycles. The molecule has 0 saturated carbocycles. The normalized spacial score (nSPS) is 12.4. The quantitative estimate of drug-likeness (QED) is 0.643. The lowest BCUT2D eigenvalue weighted by Crippen LogP contribution is -2.41. The van der Waals surface area contributed by atoms with Crippen molar-refractivity contribution in [3.63, 3.8) is 0 Å². The van der Waals surface area contributed by atoms with Gasteiger partial charge in [0.2, 0.25) is 5.91 Å². The zero-order chi connectivity index (χ0) is 12.7. The van der Waals surface area contributed by atoms with Crippen LogP contribution >= 0.6 is 0 Å². The lowest BCUT2D eigenvalue weighted by molar-refractivity contribution is -0.121. The molecule has 1 rings (SSSR count). The number of nitrogens with one attached hydrogen (secondary N) is 2. The predicted molar refractivity (Wildman–Crippen MR) is 62.2 cm³/mol. The van der Waals surface area contributed by atoms with Crippen LogP contribution in [-0.4, -0.2) is 47.0 Å². The molecule has 0 aliphatic carbocycles. The molecule has 0 fully saturated rings. The van der Waals surface area contributed by atoms with E-state index in [-0.39, 0.29) is 18.5 Å². The van der Waals surface area contributed by atoms with E-state index in [9.17, 15) is 4.79 Å². The molecule has 1 amide bonds. The SMILES string of the molecule is COCC(C)NC(=O)CNCc1nncn1C. The molecule has 0 aliphatic rings. The van der Waals surface area contributed by atoms with Gasteiger partial charge < -0.3 is 19.9 Å². The Balaban J connectivity index is 2.18. The molecular weight excluding hydrogens is 222 g/mol. The monoisotopic (exact) mass is 241 g/mol. The fourth-order valence-corrected chi connectivity index (χ4v) is 1.37. The lowest BCUT2D eigenvalue weighted by atomic mass is 10.3. The first-order valence-corrected chi connectivity index (χ1v) is 5.45. The van der Waals surface area contributed by atoms with Gasteiger partial charge in [-0.2, -0.15) is 0 Å². The third kappa shape index (κ3) is 4.92. The second kappa shape index (κ2) is 6.97. The van der Waals surface area contributed by atoms with Gasteiger partial charge in [-0.05, 0) is 6.92 Å². The van der Waals surface area contributed by atoms with E-state index in [0.717, 1.165) is 5.82 Å². The largest absolute Gasteiger partial charge is 0.383 e. The highest BCUT2D eigenvalue weighted by Gasteiger charge is 2.07. The molecule has 0 aromatic carbocycles.